The van der Waals surface area contributed by atoms with Gasteiger partial charge in [0.15, 0.2) is 0 Å². The molecule has 0 spiro atoms. The Morgan fingerprint density at radius 3 is 2.60 bits per heavy atom. The Morgan fingerprint density at radius 1 is 1.09 bits per heavy atom. The van der Waals surface area contributed by atoms with Crippen LogP contribution in [0.3, 0.4) is 0 Å². The molecule has 8 atom stereocenters. The Bertz CT molecular complexity index is 978. The molecule has 1 N–H and O–H groups in total. The Labute approximate surface area is 210 Å². The zero-order valence-electron chi connectivity index (χ0n) is 22.1. The summed E-state index contributed by atoms with van der Waals surface area (Å²) in [6.45, 7) is 9.04. The van der Waals surface area contributed by atoms with Gasteiger partial charge in [-0.15, -0.1) is 0 Å². The van der Waals surface area contributed by atoms with Gasteiger partial charge in [0.25, 0.3) is 0 Å². The average Bonchev–Trinajstić information content (AvgIpc) is 3.10. The molecule has 4 fully saturated rings. The van der Waals surface area contributed by atoms with E-state index in [-0.39, 0.29) is 34.4 Å². The first-order chi connectivity index (χ1) is 16.6. The molecule has 1 aromatic heterocycles. The van der Waals surface area contributed by atoms with Crippen LogP contribution in [0.25, 0.3) is 0 Å². The van der Waals surface area contributed by atoms with Gasteiger partial charge in [-0.2, -0.15) is 0 Å². The summed E-state index contributed by atoms with van der Waals surface area (Å²) >= 11 is 0. The van der Waals surface area contributed by atoms with Gasteiger partial charge in [0.2, 0.25) is 0 Å². The van der Waals surface area contributed by atoms with E-state index in [2.05, 4.69) is 27.7 Å². The van der Waals surface area contributed by atoms with Crippen molar-refractivity contribution in [3.05, 3.63) is 34.4 Å². The predicted molar refractivity (Wildman–Crippen MR) is 135 cm³/mol. The minimum Gasteiger partial charge on any atom is -0.462 e. The van der Waals surface area contributed by atoms with E-state index < -0.39 is 5.60 Å². The van der Waals surface area contributed by atoms with Crippen molar-refractivity contribution < 1.29 is 19.1 Å². The normalized spacial score (nSPS) is 42.7. The minimum absolute atomic E-state index is 0.0301. The molecule has 5 rings (SSSR count). The quantitative estimate of drug-likeness (QED) is 0.501. The second-order valence-corrected chi connectivity index (χ2v) is 13.2. The number of esters is 1. The van der Waals surface area contributed by atoms with Crippen LogP contribution >= 0.6 is 0 Å². The Balaban J connectivity index is 1.30. The monoisotopic (exact) mass is 484 g/mol. The van der Waals surface area contributed by atoms with E-state index in [0.717, 1.165) is 69.8 Å². The first-order valence-corrected chi connectivity index (χ1v) is 14.1. The van der Waals surface area contributed by atoms with Crippen molar-refractivity contribution in [3.63, 3.8) is 0 Å². The lowest BCUT2D eigenvalue weighted by molar-refractivity contribution is -0.207. The highest BCUT2D eigenvalue weighted by Gasteiger charge is 2.67. The van der Waals surface area contributed by atoms with E-state index in [9.17, 15) is 14.7 Å². The second kappa shape index (κ2) is 9.04. The number of carbonyl (C=O) groups is 1. The molecule has 4 aliphatic carbocycles. The lowest BCUT2D eigenvalue weighted by Gasteiger charge is -2.63. The number of aliphatic hydroxyl groups is 1. The molecular formula is C30H44O5. The SMILES string of the molecule is CC(C)CCC(=O)OC1CCC2(C)C(CCC3C2CCC2(C)C(c4ccc(=O)oc4)CCC32O)C1. The largest absolute Gasteiger partial charge is 0.462 e. The lowest BCUT2D eigenvalue weighted by atomic mass is 9.43. The Hall–Kier alpha value is -1.62. The second-order valence-electron chi connectivity index (χ2n) is 13.2. The summed E-state index contributed by atoms with van der Waals surface area (Å²) < 4.78 is 11.1. The van der Waals surface area contributed by atoms with Crippen LogP contribution in [-0.2, 0) is 9.53 Å². The first kappa shape index (κ1) is 25.0. The van der Waals surface area contributed by atoms with Crippen LogP contribution in [-0.4, -0.2) is 22.8 Å². The highest BCUT2D eigenvalue weighted by atomic mass is 16.5. The summed E-state index contributed by atoms with van der Waals surface area (Å²) in [6.07, 6.45) is 12.2. The summed E-state index contributed by atoms with van der Waals surface area (Å²) in [6, 6.07) is 3.42. The van der Waals surface area contributed by atoms with Gasteiger partial charge >= 0.3 is 11.6 Å². The summed E-state index contributed by atoms with van der Waals surface area (Å²) in [7, 11) is 0. The molecule has 4 saturated carbocycles. The predicted octanol–water partition coefficient (Wildman–Crippen LogP) is 6.23. The van der Waals surface area contributed by atoms with Crippen molar-refractivity contribution in [2.45, 2.75) is 116 Å². The molecule has 0 radical (unpaired) electrons. The number of ether oxygens (including phenoxy) is 1. The van der Waals surface area contributed by atoms with E-state index >= 15 is 0 Å². The van der Waals surface area contributed by atoms with E-state index in [0.29, 0.717) is 30.1 Å². The number of hydrogen-bond donors (Lipinski definition) is 1. The molecule has 0 amide bonds. The molecule has 1 aromatic rings. The zero-order valence-corrected chi connectivity index (χ0v) is 22.1. The molecule has 8 unspecified atom stereocenters. The highest BCUT2D eigenvalue weighted by molar-refractivity contribution is 5.69. The molecular weight excluding hydrogens is 440 g/mol. The van der Waals surface area contributed by atoms with Crippen LogP contribution in [0.1, 0.15) is 110 Å². The van der Waals surface area contributed by atoms with Gasteiger partial charge in [-0.25, -0.2) is 4.79 Å². The van der Waals surface area contributed by atoms with Gasteiger partial charge < -0.3 is 14.3 Å². The van der Waals surface area contributed by atoms with Crippen molar-refractivity contribution in [1.82, 2.24) is 0 Å². The van der Waals surface area contributed by atoms with Crippen molar-refractivity contribution in [1.29, 1.82) is 0 Å². The third-order valence-electron chi connectivity index (χ3n) is 11.2. The molecule has 5 nitrogen and oxygen atoms in total. The van der Waals surface area contributed by atoms with Gasteiger partial charge in [0.05, 0.1) is 11.9 Å². The molecule has 194 valence electrons. The molecule has 1 heterocycles. The van der Waals surface area contributed by atoms with E-state index in [1.54, 1.807) is 6.26 Å². The molecule has 4 aliphatic rings. The van der Waals surface area contributed by atoms with Crippen molar-refractivity contribution in [3.8, 4) is 0 Å². The van der Waals surface area contributed by atoms with Crippen LogP contribution in [0, 0.1) is 34.5 Å². The average molecular weight is 485 g/mol. The smallest absolute Gasteiger partial charge is 0.335 e. The van der Waals surface area contributed by atoms with Crippen LogP contribution in [0.4, 0.5) is 0 Å². The summed E-state index contributed by atoms with van der Waals surface area (Å²) in [5.41, 5.74) is 0.0773. The molecule has 0 bridgehead atoms. The molecule has 35 heavy (non-hydrogen) atoms. The maximum absolute atomic E-state index is 12.4. The molecule has 5 heteroatoms. The van der Waals surface area contributed by atoms with E-state index in [1.165, 1.54) is 6.07 Å². The third-order valence-corrected chi connectivity index (χ3v) is 11.2. The number of carbonyl (C=O) groups excluding carboxylic acids is 1. The summed E-state index contributed by atoms with van der Waals surface area (Å²) in [5.74, 6) is 2.11. The maximum Gasteiger partial charge on any atom is 0.335 e. The molecule has 0 aromatic carbocycles. The molecule has 0 saturated heterocycles. The van der Waals surface area contributed by atoms with Gasteiger partial charge in [0, 0.05) is 17.9 Å². The van der Waals surface area contributed by atoms with E-state index in [4.69, 9.17) is 9.15 Å². The number of hydrogen-bond acceptors (Lipinski definition) is 5. The van der Waals surface area contributed by atoms with Gasteiger partial charge in [-0.3, -0.25) is 4.79 Å². The van der Waals surface area contributed by atoms with Gasteiger partial charge in [0.1, 0.15) is 6.10 Å². The van der Waals surface area contributed by atoms with Crippen LogP contribution in [0.5, 0.6) is 0 Å². The number of rotatable bonds is 5. The topological polar surface area (TPSA) is 76.7 Å². The fourth-order valence-electron chi connectivity index (χ4n) is 9.05. The van der Waals surface area contributed by atoms with Crippen molar-refractivity contribution >= 4 is 5.97 Å². The van der Waals surface area contributed by atoms with Gasteiger partial charge in [-0.1, -0.05) is 27.7 Å². The fourth-order valence-corrected chi connectivity index (χ4v) is 9.05. The Kier molecular flexibility index (Phi) is 6.47. The summed E-state index contributed by atoms with van der Waals surface area (Å²) in [5, 5.41) is 12.4. The van der Waals surface area contributed by atoms with E-state index in [1.807, 2.05) is 6.07 Å². The number of fused-ring (bicyclic) bond motifs is 5. The first-order valence-electron chi connectivity index (χ1n) is 14.1. The lowest BCUT2D eigenvalue weighted by Crippen LogP contribution is -2.62. The van der Waals surface area contributed by atoms with Crippen LogP contribution in [0.2, 0.25) is 0 Å². The van der Waals surface area contributed by atoms with Crippen LogP contribution < -0.4 is 5.63 Å². The maximum atomic E-state index is 12.4. The standard InChI is InChI=1S/C30H44O5/c1-19(2)5-9-27(32)35-22-11-14-28(3)21(17-22)7-8-25-24(28)12-15-29(4)23(13-16-30(25,29)33)20-6-10-26(31)34-18-20/h6,10,18-19,21-25,33H,5,7-9,11-17H2,1-4H3. The zero-order chi connectivity index (χ0) is 25.0. The van der Waals surface area contributed by atoms with Gasteiger partial charge in [-0.05, 0) is 111 Å². The van der Waals surface area contributed by atoms with Crippen molar-refractivity contribution in [2.24, 2.45) is 34.5 Å². The summed E-state index contributed by atoms with van der Waals surface area (Å²) in [4.78, 5) is 23.9. The van der Waals surface area contributed by atoms with Crippen molar-refractivity contribution in [2.75, 3.05) is 0 Å². The minimum atomic E-state index is -0.676. The highest BCUT2D eigenvalue weighted by Crippen LogP contribution is 2.70. The third kappa shape index (κ3) is 4.10. The fraction of sp³-hybridized carbons (Fsp3) is 0.800. The molecule has 0 aliphatic heterocycles. The van der Waals surface area contributed by atoms with Crippen LogP contribution in [0.15, 0.2) is 27.6 Å². The Morgan fingerprint density at radius 2 is 1.89 bits per heavy atom.